The van der Waals surface area contributed by atoms with Crippen LogP contribution in [-0.4, -0.2) is 19.2 Å². The molecule has 0 radical (unpaired) electrons. The summed E-state index contributed by atoms with van der Waals surface area (Å²) in [5.74, 6) is 0.141. The molecule has 0 saturated carbocycles. The first-order valence-corrected chi connectivity index (χ1v) is 6.96. The van der Waals surface area contributed by atoms with Gasteiger partial charge in [0, 0.05) is 5.38 Å². The number of aryl methyl sites for hydroxylation is 1. The summed E-state index contributed by atoms with van der Waals surface area (Å²) in [6.07, 6.45) is 3.39. The molecule has 3 nitrogen and oxygen atoms in total. The fourth-order valence-corrected chi connectivity index (χ4v) is 2.92. The van der Waals surface area contributed by atoms with Gasteiger partial charge < -0.3 is 0 Å². The second-order valence-electron chi connectivity index (χ2n) is 2.98. The van der Waals surface area contributed by atoms with Crippen molar-refractivity contribution in [3.05, 3.63) is 28.2 Å². The number of rotatable bonds is 4. The minimum atomic E-state index is -3.03. The van der Waals surface area contributed by atoms with Crippen molar-refractivity contribution in [2.24, 2.45) is 0 Å². The molecule has 0 saturated heterocycles. The molecule has 0 aliphatic rings. The summed E-state index contributed by atoms with van der Waals surface area (Å²) in [6, 6.07) is 0. The van der Waals surface area contributed by atoms with Crippen LogP contribution in [-0.2, 0) is 15.6 Å². The first-order chi connectivity index (χ1) is 6.53. The highest BCUT2D eigenvalue weighted by Crippen LogP contribution is 2.11. The molecule has 78 valence electrons. The van der Waals surface area contributed by atoms with Crippen LogP contribution in [0.3, 0.4) is 0 Å². The predicted octanol–water partition coefficient (Wildman–Crippen LogP) is 1.94. The maximum Gasteiger partial charge on any atom is 0.159 e. The summed E-state index contributed by atoms with van der Waals surface area (Å²) in [6.45, 7) is 3.68. The van der Waals surface area contributed by atoms with Gasteiger partial charge in [-0.15, -0.1) is 11.3 Å². The lowest BCUT2D eigenvalue weighted by Gasteiger charge is -1.97. The average Bonchev–Trinajstić information content (AvgIpc) is 2.47. The van der Waals surface area contributed by atoms with E-state index in [9.17, 15) is 8.42 Å². The van der Waals surface area contributed by atoms with E-state index in [-0.39, 0.29) is 11.5 Å². The summed E-state index contributed by atoms with van der Waals surface area (Å²) in [5, 5.41) is 2.70. The van der Waals surface area contributed by atoms with Gasteiger partial charge in [-0.05, 0) is 13.8 Å². The third-order valence-corrected chi connectivity index (χ3v) is 3.88. The van der Waals surface area contributed by atoms with Crippen molar-refractivity contribution >= 4 is 21.2 Å². The lowest BCUT2D eigenvalue weighted by molar-refractivity contribution is 0.597. The van der Waals surface area contributed by atoms with Gasteiger partial charge in [0.2, 0.25) is 0 Å². The standard InChI is InChI=1S/C9H13NO2S2/c1-3-4-5-14(11,12)7-9-6-13-8(2)10-9/h3-4,6H,5,7H2,1-2H3/b4-3+. The lowest BCUT2D eigenvalue weighted by Crippen LogP contribution is -2.07. The molecule has 1 aromatic heterocycles. The SMILES string of the molecule is C/C=C/CS(=O)(=O)Cc1csc(C)n1. The highest BCUT2D eigenvalue weighted by atomic mass is 32.2. The van der Waals surface area contributed by atoms with Crippen molar-refractivity contribution < 1.29 is 8.42 Å². The fraction of sp³-hybridized carbons (Fsp3) is 0.444. The van der Waals surface area contributed by atoms with Crippen molar-refractivity contribution in [1.29, 1.82) is 0 Å². The molecule has 0 aliphatic heterocycles. The summed E-state index contributed by atoms with van der Waals surface area (Å²) in [7, 11) is -3.03. The molecular weight excluding hydrogens is 218 g/mol. The first kappa shape index (κ1) is 11.4. The number of hydrogen-bond donors (Lipinski definition) is 0. The van der Waals surface area contributed by atoms with Crippen molar-refractivity contribution in [2.45, 2.75) is 19.6 Å². The van der Waals surface area contributed by atoms with E-state index in [0.717, 1.165) is 5.01 Å². The zero-order valence-electron chi connectivity index (χ0n) is 8.23. The monoisotopic (exact) mass is 231 g/mol. The van der Waals surface area contributed by atoms with E-state index < -0.39 is 9.84 Å². The van der Waals surface area contributed by atoms with Crippen LogP contribution in [0.2, 0.25) is 0 Å². The molecule has 1 rings (SSSR count). The normalized spacial score (nSPS) is 12.4. The van der Waals surface area contributed by atoms with Gasteiger partial charge in [0.05, 0.1) is 22.2 Å². The lowest BCUT2D eigenvalue weighted by atomic mass is 10.6. The number of aromatic nitrogens is 1. The number of thiazole rings is 1. The van der Waals surface area contributed by atoms with Gasteiger partial charge in [0.1, 0.15) is 0 Å². The first-order valence-electron chi connectivity index (χ1n) is 4.26. The Labute approximate surface area is 88.4 Å². The zero-order valence-corrected chi connectivity index (χ0v) is 9.86. The molecule has 0 amide bonds. The van der Waals surface area contributed by atoms with E-state index in [1.807, 2.05) is 13.8 Å². The Hall–Kier alpha value is -0.680. The molecule has 0 aliphatic carbocycles. The molecule has 0 spiro atoms. The number of sulfone groups is 1. The Kier molecular flexibility index (Phi) is 3.83. The van der Waals surface area contributed by atoms with Crippen LogP contribution in [0.15, 0.2) is 17.5 Å². The van der Waals surface area contributed by atoms with Gasteiger partial charge in [-0.2, -0.15) is 0 Å². The maximum atomic E-state index is 11.5. The van der Waals surface area contributed by atoms with Gasteiger partial charge in [-0.1, -0.05) is 12.2 Å². The summed E-state index contributed by atoms with van der Waals surface area (Å²) in [4.78, 5) is 4.12. The summed E-state index contributed by atoms with van der Waals surface area (Å²) >= 11 is 1.48. The van der Waals surface area contributed by atoms with Gasteiger partial charge in [-0.25, -0.2) is 13.4 Å². The Morgan fingerprint density at radius 2 is 2.29 bits per heavy atom. The molecule has 0 fully saturated rings. The highest BCUT2D eigenvalue weighted by molar-refractivity contribution is 7.90. The average molecular weight is 231 g/mol. The zero-order chi connectivity index (χ0) is 10.6. The second kappa shape index (κ2) is 4.70. The van der Waals surface area contributed by atoms with Gasteiger partial charge in [0.25, 0.3) is 0 Å². The molecule has 0 unspecified atom stereocenters. The van der Waals surface area contributed by atoms with Crippen LogP contribution in [0, 0.1) is 6.92 Å². The van der Waals surface area contributed by atoms with Crippen molar-refractivity contribution in [3.8, 4) is 0 Å². The van der Waals surface area contributed by atoms with Gasteiger partial charge in [0.15, 0.2) is 9.84 Å². The fourth-order valence-electron chi connectivity index (χ4n) is 1.00. The van der Waals surface area contributed by atoms with E-state index in [0.29, 0.717) is 5.69 Å². The maximum absolute atomic E-state index is 11.5. The topological polar surface area (TPSA) is 47.0 Å². The Balaban J connectivity index is 2.68. The van der Waals surface area contributed by atoms with Gasteiger partial charge in [-0.3, -0.25) is 0 Å². The van der Waals surface area contributed by atoms with E-state index in [1.54, 1.807) is 17.5 Å². The number of hydrogen-bond acceptors (Lipinski definition) is 4. The molecule has 1 aromatic rings. The van der Waals surface area contributed by atoms with E-state index >= 15 is 0 Å². The molecule has 5 heteroatoms. The van der Waals surface area contributed by atoms with Crippen LogP contribution in [0.5, 0.6) is 0 Å². The Morgan fingerprint density at radius 1 is 1.57 bits per heavy atom. The summed E-state index contributed by atoms with van der Waals surface area (Å²) in [5.41, 5.74) is 0.650. The van der Waals surface area contributed by atoms with Crippen LogP contribution in [0.4, 0.5) is 0 Å². The van der Waals surface area contributed by atoms with Crippen molar-refractivity contribution in [1.82, 2.24) is 4.98 Å². The molecule has 1 heterocycles. The Morgan fingerprint density at radius 3 is 2.79 bits per heavy atom. The van der Waals surface area contributed by atoms with E-state index in [1.165, 1.54) is 11.3 Å². The predicted molar refractivity (Wildman–Crippen MR) is 59.2 cm³/mol. The molecule has 0 bridgehead atoms. The van der Waals surface area contributed by atoms with Gasteiger partial charge >= 0.3 is 0 Å². The van der Waals surface area contributed by atoms with Crippen molar-refractivity contribution in [3.63, 3.8) is 0 Å². The molecule has 0 aromatic carbocycles. The largest absolute Gasteiger partial charge is 0.246 e. The summed E-state index contributed by atoms with van der Waals surface area (Å²) < 4.78 is 23.0. The number of allylic oxidation sites excluding steroid dienone is 1. The third kappa shape index (κ3) is 3.59. The number of nitrogens with zero attached hydrogens (tertiary/aromatic N) is 1. The smallest absolute Gasteiger partial charge is 0.159 e. The molecule has 0 N–H and O–H groups in total. The molecular formula is C9H13NO2S2. The van der Waals surface area contributed by atoms with Crippen LogP contribution in [0.1, 0.15) is 17.6 Å². The minimum absolute atomic E-state index is 0.0433. The van der Waals surface area contributed by atoms with Crippen LogP contribution < -0.4 is 0 Å². The van der Waals surface area contributed by atoms with Crippen LogP contribution in [0.25, 0.3) is 0 Å². The third-order valence-electron chi connectivity index (χ3n) is 1.62. The van der Waals surface area contributed by atoms with Crippen LogP contribution >= 0.6 is 11.3 Å². The quantitative estimate of drug-likeness (QED) is 0.744. The molecule has 14 heavy (non-hydrogen) atoms. The van der Waals surface area contributed by atoms with Crippen molar-refractivity contribution in [2.75, 3.05) is 5.75 Å². The molecule has 0 atom stereocenters. The second-order valence-corrected chi connectivity index (χ2v) is 6.15. The van der Waals surface area contributed by atoms with E-state index in [2.05, 4.69) is 4.98 Å². The Bertz CT molecular complexity index is 418. The van der Waals surface area contributed by atoms with E-state index in [4.69, 9.17) is 0 Å². The highest BCUT2D eigenvalue weighted by Gasteiger charge is 2.11. The minimum Gasteiger partial charge on any atom is -0.246 e.